The molecule has 0 aliphatic carbocycles. The molecule has 34 heavy (non-hydrogen) atoms. The normalized spacial score (nSPS) is 11.1. The van der Waals surface area contributed by atoms with Gasteiger partial charge in [0.1, 0.15) is 28.2 Å². The average molecular weight is 463 g/mol. The Morgan fingerprint density at radius 3 is 2.44 bits per heavy atom. The number of carbonyl (C=O) groups excluding carboxylic acids is 2. The highest BCUT2D eigenvalue weighted by atomic mass is 16.5. The van der Waals surface area contributed by atoms with E-state index in [1.165, 1.54) is 4.80 Å². The Morgan fingerprint density at radius 1 is 1.09 bits per heavy atom. The molecule has 0 saturated heterocycles. The zero-order chi connectivity index (χ0) is 24.2. The summed E-state index contributed by atoms with van der Waals surface area (Å²) in [4.78, 5) is 29.6. The number of aromatic nitrogens is 4. The third-order valence-corrected chi connectivity index (χ3v) is 5.48. The van der Waals surface area contributed by atoms with Crippen molar-refractivity contribution in [2.24, 2.45) is 0 Å². The van der Waals surface area contributed by atoms with Gasteiger partial charge in [-0.2, -0.15) is 0 Å². The molecule has 176 valence electrons. The number of benzene rings is 2. The Balaban J connectivity index is 1.62. The molecule has 0 radical (unpaired) electrons. The number of aliphatic hydroxyl groups is 1. The van der Waals surface area contributed by atoms with Crippen LogP contribution in [0.3, 0.4) is 0 Å². The SMILES string of the molecule is CCOC(=O)c1[nH]c(C)c(C(=O)COc2ccc(CCO)cc2-n2nc3ccccc3n2)c1C. The number of nitrogens with one attached hydrogen (secondary N) is 1. The molecule has 0 atom stereocenters. The van der Waals surface area contributed by atoms with E-state index in [9.17, 15) is 14.7 Å². The van der Waals surface area contributed by atoms with Gasteiger partial charge in [-0.1, -0.05) is 18.2 Å². The van der Waals surface area contributed by atoms with Gasteiger partial charge in [-0.15, -0.1) is 15.0 Å². The maximum atomic E-state index is 13.0. The lowest BCUT2D eigenvalue weighted by Gasteiger charge is -2.12. The molecule has 0 saturated carbocycles. The van der Waals surface area contributed by atoms with E-state index in [1.54, 1.807) is 26.8 Å². The van der Waals surface area contributed by atoms with Crippen molar-refractivity contribution in [3.8, 4) is 11.4 Å². The summed E-state index contributed by atoms with van der Waals surface area (Å²) in [6, 6.07) is 12.9. The van der Waals surface area contributed by atoms with Crippen LogP contribution in [0.2, 0.25) is 0 Å². The first-order chi connectivity index (χ1) is 16.4. The van der Waals surface area contributed by atoms with Crippen LogP contribution >= 0.6 is 0 Å². The van der Waals surface area contributed by atoms with Crippen LogP contribution in [0.25, 0.3) is 16.7 Å². The largest absolute Gasteiger partial charge is 0.483 e. The van der Waals surface area contributed by atoms with Gasteiger partial charge in [0.15, 0.2) is 6.61 Å². The van der Waals surface area contributed by atoms with Crippen LogP contribution in [0.5, 0.6) is 5.75 Å². The maximum absolute atomic E-state index is 13.0. The van der Waals surface area contributed by atoms with E-state index in [4.69, 9.17) is 9.47 Å². The molecule has 9 heteroatoms. The van der Waals surface area contributed by atoms with Gasteiger partial charge in [0.2, 0.25) is 5.78 Å². The van der Waals surface area contributed by atoms with Gasteiger partial charge in [0.25, 0.3) is 0 Å². The number of carbonyl (C=O) groups is 2. The second kappa shape index (κ2) is 9.88. The van der Waals surface area contributed by atoms with E-state index < -0.39 is 5.97 Å². The number of ketones is 1. The van der Waals surface area contributed by atoms with Crippen molar-refractivity contribution in [2.45, 2.75) is 27.2 Å². The van der Waals surface area contributed by atoms with Crippen LogP contribution in [0.4, 0.5) is 0 Å². The van der Waals surface area contributed by atoms with E-state index in [0.29, 0.717) is 34.7 Å². The highest BCUT2D eigenvalue weighted by Crippen LogP contribution is 2.26. The lowest BCUT2D eigenvalue weighted by Crippen LogP contribution is -2.15. The predicted molar refractivity (Wildman–Crippen MR) is 126 cm³/mol. The minimum Gasteiger partial charge on any atom is -0.483 e. The fourth-order valence-electron chi connectivity index (χ4n) is 3.88. The van der Waals surface area contributed by atoms with Gasteiger partial charge in [-0.25, -0.2) is 4.79 Å². The summed E-state index contributed by atoms with van der Waals surface area (Å²) in [5, 5.41) is 18.4. The lowest BCUT2D eigenvalue weighted by atomic mass is 10.1. The molecule has 2 aromatic heterocycles. The molecule has 0 amide bonds. The highest BCUT2D eigenvalue weighted by Gasteiger charge is 2.23. The van der Waals surface area contributed by atoms with Crippen molar-refractivity contribution < 1.29 is 24.2 Å². The van der Waals surface area contributed by atoms with Gasteiger partial charge in [-0.3, -0.25) is 4.79 Å². The number of esters is 1. The van der Waals surface area contributed by atoms with Gasteiger partial charge in [0, 0.05) is 17.9 Å². The number of aliphatic hydroxyl groups excluding tert-OH is 1. The fourth-order valence-corrected chi connectivity index (χ4v) is 3.88. The molecule has 2 aromatic carbocycles. The standard InChI is InChI=1S/C25H26N4O5/c1-4-33-25(32)24-15(2)23(16(3)26-24)21(31)14-34-22-10-9-17(11-12-30)13-20(22)29-27-18-7-5-6-8-19(18)28-29/h5-10,13,26,30H,4,11-12,14H2,1-3H3. The lowest BCUT2D eigenvalue weighted by molar-refractivity contribution is 0.0519. The van der Waals surface area contributed by atoms with Crippen molar-refractivity contribution >= 4 is 22.8 Å². The summed E-state index contributed by atoms with van der Waals surface area (Å²) in [6.07, 6.45) is 0.464. The molecule has 0 spiro atoms. The van der Waals surface area contributed by atoms with E-state index in [0.717, 1.165) is 16.6 Å². The number of aryl methyl sites for hydroxylation is 1. The first-order valence-electron chi connectivity index (χ1n) is 11.0. The van der Waals surface area contributed by atoms with Gasteiger partial charge >= 0.3 is 5.97 Å². The molecule has 9 nitrogen and oxygen atoms in total. The van der Waals surface area contributed by atoms with Crippen molar-refractivity contribution in [1.29, 1.82) is 0 Å². The smallest absolute Gasteiger partial charge is 0.355 e. The molecule has 2 N–H and O–H groups in total. The van der Waals surface area contributed by atoms with Crippen molar-refractivity contribution in [3.63, 3.8) is 0 Å². The minimum absolute atomic E-state index is 0.00147. The van der Waals surface area contributed by atoms with E-state index in [1.807, 2.05) is 36.4 Å². The van der Waals surface area contributed by atoms with Gasteiger partial charge in [0.05, 0.1) is 6.61 Å². The molecular weight excluding hydrogens is 436 g/mol. The third kappa shape index (κ3) is 4.55. The summed E-state index contributed by atoms with van der Waals surface area (Å²) in [6.45, 7) is 5.17. The minimum atomic E-state index is -0.498. The van der Waals surface area contributed by atoms with Crippen LogP contribution in [-0.4, -0.2) is 56.7 Å². The van der Waals surface area contributed by atoms with E-state index in [2.05, 4.69) is 15.2 Å². The Kier molecular flexibility index (Phi) is 6.74. The molecule has 0 fully saturated rings. The Hall–Kier alpha value is -3.98. The molecule has 0 aliphatic heterocycles. The van der Waals surface area contributed by atoms with Crippen LogP contribution in [-0.2, 0) is 11.2 Å². The second-order valence-electron chi connectivity index (χ2n) is 7.81. The molecule has 4 rings (SSSR count). The number of nitrogens with zero attached hydrogens (tertiary/aromatic N) is 3. The Labute approximate surface area is 196 Å². The first-order valence-corrected chi connectivity index (χ1v) is 11.0. The van der Waals surface area contributed by atoms with Crippen LogP contribution < -0.4 is 4.74 Å². The van der Waals surface area contributed by atoms with Crippen LogP contribution in [0.1, 0.15) is 44.6 Å². The monoisotopic (exact) mass is 462 g/mol. The summed E-state index contributed by atoms with van der Waals surface area (Å²) < 4.78 is 11.0. The summed E-state index contributed by atoms with van der Waals surface area (Å²) in [5.41, 5.74) is 4.67. The molecule has 4 aromatic rings. The fraction of sp³-hybridized carbons (Fsp3) is 0.280. The van der Waals surface area contributed by atoms with Gasteiger partial charge in [-0.05, 0) is 62.6 Å². The molecule has 0 aliphatic rings. The number of rotatable bonds is 9. The van der Waals surface area contributed by atoms with Gasteiger partial charge < -0.3 is 19.6 Å². The predicted octanol–water partition coefficient (Wildman–Crippen LogP) is 3.34. The quantitative estimate of drug-likeness (QED) is 0.289. The van der Waals surface area contributed by atoms with E-state index in [-0.39, 0.29) is 31.3 Å². The molecule has 2 heterocycles. The third-order valence-electron chi connectivity index (χ3n) is 5.48. The number of hydrogen-bond acceptors (Lipinski definition) is 7. The maximum Gasteiger partial charge on any atom is 0.355 e. The molecular formula is C25H26N4O5. The second-order valence-corrected chi connectivity index (χ2v) is 7.81. The zero-order valence-corrected chi connectivity index (χ0v) is 19.3. The average Bonchev–Trinajstić information content (AvgIpc) is 3.38. The van der Waals surface area contributed by atoms with E-state index >= 15 is 0 Å². The van der Waals surface area contributed by atoms with Crippen molar-refractivity contribution in [2.75, 3.05) is 19.8 Å². The Morgan fingerprint density at radius 2 is 1.79 bits per heavy atom. The summed E-state index contributed by atoms with van der Waals surface area (Å²) >= 11 is 0. The van der Waals surface area contributed by atoms with Crippen molar-refractivity contribution in [1.82, 2.24) is 20.0 Å². The molecule has 0 bridgehead atoms. The topological polar surface area (TPSA) is 119 Å². The summed E-state index contributed by atoms with van der Waals surface area (Å²) in [7, 11) is 0. The number of Topliss-reactive ketones (excluding diaryl/α,β-unsaturated/α-hetero) is 1. The zero-order valence-electron chi connectivity index (χ0n) is 19.3. The Bertz CT molecular complexity index is 1320. The summed E-state index contributed by atoms with van der Waals surface area (Å²) in [5.74, 6) is -0.348. The number of hydrogen-bond donors (Lipinski definition) is 2. The number of fused-ring (bicyclic) bond motifs is 1. The molecule has 0 unspecified atom stereocenters. The van der Waals surface area contributed by atoms with Crippen molar-refractivity contribution in [3.05, 3.63) is 70.5 Å². The number of ether oxygens (including phenoxy) is 2. The number of H-pyrrole nitrogens is 1. The number of aromatic amines is 1. The highest BCUT2D eigenvalue weighted by molar-refractivity contribution is 6.03. The van der Waals surface area contributed by atoms with Crippen LogP contribution in [0.15, 0.2) is 42.5 Å². The van der Waals surface area contributed by atoms with Crippen LogP contribution in [0, 0.1) is 13.8 Å². The first kappa shape index (κ1) is 23.2.